The number of nitrogens with zero attached hydrogens (tertiary/aromatic N) is 2. The lowest BCUT2D eigenvalue weighted by Gasteiger charge is -2.13. The smallest absolute Gasteiger partial charge is 0.142 e. The molecule has 1 rings (SSSR count). The van der Waals surface area contributed by atoms with Gasteiger partial charge in [0.15, 0.2) is 0 Å². The van der Waals surface area contributed by atoms with E-state index >= 15 is 0 Å². The minimum Gasteiger partial charge on any atom is -0.492 e. The average molecular weight is 237 g/mol. The standard InChI is InChI=1S/C13H23N3O/c1-11-6-7-13(12(15-11)10-14-2)17-9-5-8-16(3)4/h6-7,14H,5,8-10H2,1-4H3. The van der Waals surface area contributed by atoms with Crippen molar-refractivity contribution < 1.29 is 4.74 Å². The first kappa shape index (κ1) is 13.9. The zero-order valence-corrected chi connectivity index (χ0v) is 11.3. The third-order valence-electron chi connectivity index (χ3n) is 2.42. The lowest BCUT2D eigenvalue weighted by Crippen LogP contribution is -2.16. The summed E-state index contributed by atoms with van der Waals surface area (Å²) in [6.45, 7) is 4.51. The molecule has 4 heteroatoms. The van der Waals surface area contributed by atoms with E-state index in [0.717, 1.165) is 43.3 Å². The van der Waals surface area contributed by atoms with Crippen molar-refractivity contribution in [2.45, 2.75) is 19.9 Å². The summed E-state index contributed by atoms with van der Waals surface area (Å²) in [6.07, 6.45) is 1.03. The van der Waals surface area contributed by atoms with Crippen LogP contribution in [0.25, 0.3) is 0 Å². The van der Waals surface area contributed by atoms with Gasteiger partial charge in [-0.3, -0.25) is 4.98 Å². The Morgan fingerprint density at radius 3 is 2.76 bits per heavy atom. The molecule has 0 saturated heterocycles. The van der Waals surface area contributed by atoms with E-state index in [-0.39, 0.29) is 0 Å². The van der Waals surface area contributed by atoms with Crippen LogP contribution in [-0.4, -0.2) is 44.2 Å². The molecule has 0 aliphatic carbocycles. The fourth-order valence-corrected chi connectivity index (χ4v) is 1.59. The van der Waals surface area contributed by atoms with Crippen LogP contribution in [0.2, 0.25) is 0 Å². The molecule has 0 aliphatic heterocycles. The van der Waals surface area contributed by atoms with E-state index in [4.69, 9.17) is 4.74 Å². The highest BCUT2D eigenvalue weighted by Gasteiger charge is 2.04. The molecule has 1 N–H and O–H groups in total. The molecule has 0 amide bonds. The van der Waals surface area contributed by atoms with Gasteiger partial charge in [0.1, 0.15) is 5.75 Å². The molecular formula is C13H23N3O. The second kappa shape index (κ2) is 7.25. The quantitative estimate of drug-likeness (QED) is 0.728. The zero-order chi connectivity index (χ0) is 12.7. The minimum absolute atomic E-state index is 0.736. The van der Waals surface area contributed by atoms with Gasteiger partial charge in [-0.15, -0.1) is 0 Å². The monoisotopic (exact) mass is 237 g/mol. The van der Waals surface area contributed by atoms with Crippen LogP contribution in [0.1, 0.15) is 17.8 Å². The summed E-state index contributed by atoms with van der Waals surface area (Å²) in [6, 6.07) is 3.99. The molecule has 1 aromatic heterocycles. The maximum absolute atomic E-state index is 5.77. The van der Waals surface area contributed by atoms with Crippen molar-refractivity contribution in [3.63, 3.8) is 0 Å². The van der Waals surface area contributed by atoms with Gasteiger partial charge in [0, 0.05) is 18.8 Å². The summed E-state index contributed by atoms with van der Waals surface area (Å²) < 4.78 is 5.77. The van der Waals surface area contributed by atoms with E-state index < -0.39 is 0 Å². The number of aromatic nitrogens is 1. The van der Waals surface area contributed by atoms with Gasteiger partial charge in [-0.25, -0.2) is 0 Å². The Labute approximate surface area is 104 Å². The Morgan fingerprint density at radius 2 is 2.12 bits per heavy atom. The highest BCUT2D eigenvalue weighted by atomic mass is 16.5. The van der Waals surface area contributed by atoms with Crippen LogP contribution >= 0.6 is 0 Å². The molecular weight excluding hydrogens is 214 g/mol. The Hall–Kier alpha value is -1.13. The second-order valence-electron chi connectivity index (χ2n) is 4.43. The van der Waals surface area contributed by atoms with Crippen LogP contribution in [0.5, 0.6) is 5.75 Å². The van der Waals surface area contributed by atoms with E-state index in [1.54, 1.807) is 0 Å². The highest BCUT2D eigenvalue weighted by Crippen LogP contribution is 2.16. The molecule has 0 fully saturated rings. The first-order chi connectivity index (χ1) is 8.13. The normalized spacial score (nSPS) is 10.9. The number of aryl methyl sites for hydroxylation is 1. The number of hydrogen-bond acceptors (Lipinski definition) is 4. The lowest BCUT2D eigenvalue weighted by molar-refractivity contribution is 0.278. The minimum atomic E-state index is 0.736. The van der Waals surface area contributed by atoms with Gasteiger partial charge in [0.05, 0.1) is 12.3 Å². The predicted molar refractivity (Wildman–Crippen MR) is 70.4 cm³/mol. The van der Waals surface area contributed by atoms with Gasteiger partial charge in [0.2, 0.25) is 0 Å². The van der Waals surface area contributed by atoms with Crippen molar-refractivity contribution in [2.24, 2.45) is 0 Å². The van der Waals surface area contributed by atoms with E-state index in [0.29, 0.717) is 0 Å². The van der Waals surface area contributed by atoms with E-state index in [1.807, 2.05) is 26.1 Å². The lowest BCUT2D eigenvalue weighted by atomic mass is 10.3. The van der Waals surface area contributed by atoms with Gasteiger partial charge in [0.25, 0.3) is 0 Å². The van der Waals surface area contributed by atoms with Gasteiger partial charge >= 0.3 is 0 Å². The SMILES string of the molecule is CNCc1nc(C)ccc1OCCCN(C)C. The number of pyridine rings is 1. The molecule has 0 bridgehead atoms. The number of nitrogens with one attached hydrogen (secondary N) is 1. The van der Waals surface area contributed by atoms with Crippen molar-refractivity contribution in [1.82, 2.24) is 15.2 Å². The first-order valence-electron chi connectivity index (χ1n) is 6.02. The molecule has 4 nitrogen and oxygen atoms in total. The summed E-state index contributed by atoms with van der Waals surface area (Å²) in [5.41, 5.74) is 2.01. The first-order valence-corrected chi connectivity index (χ1v) is 6.02. The summed E-state index contributed by atoms with van der Waals surface area (Å²) in [5, 5.41) is 3.11. The van der Waals surface area contributed by atoms with Crippen LogP contribution in [0.15, 0.2) is 12.1 Å². The number of ether oxygens (including phenoxy) is 1. The zero-order valence-electron chi connectivity index (χ0n) is 11.3. The van der Waals surface area contributed by atoms with Crippen LogP contribution in [-0.2, 0) is 6.54 Å². The summed E-state index contributed by atoms with van der Waals surface area (Å²) in [5.74, 6) is 0.892. The van der Waals surface area contributed by atoms with Crippen molar-refractivity contribution in [1.29, 1.82) is 0 Å². The molecule has 0 unspecified atom stereocenters. The largest absolute Gasteiger partial charge is 0.492 e. The summed E-state index contributed by atoms with van der Waals surface area (Å²) in [4.78, 5) is 6.64. The van der Waals surface area contributed by atoms with Crippen LogP contribution in [0.3, 0.4) is 0 Å². The van der Waals surface area contributed by atoms with E-state index in [2.05, 4.69) is 29.3 Å². The number of hydrogen-bond donors (Lipinski definition) is 1. The Morgan fingerprint density at radius 1 is 1.35 bits per heavy atom. The summed E-state index contributed by atoms with van der Waals surface area (Å²) in [7, 11) is 6.06. The third-order valence-corrected chi connectivity index (χ3v) is 2.42. The molecule has 96 valence electrons. The van der Waals surface area contributed by atoms with E-state index in [1.165, 1.54) is 0 Å². The molecule has 0 radical (unpaired) electrons. The molecule has 0 spiro atoms. The van der Waals surface area contributed by atoms with Gasteiger partial charge in [-0.1, -0.05) is 0 Å². The summed E-state index contributed by atoms with van der Waals surface area (Å²) >= 11 is 0. The topological polar surface area (TPSA) is 37.4 Å². The maximum atomic E-state index is 5.77. The van der Waals surface area contributed by atoms with E-state index in [9.17, 15) is 0 Å². The van der Waals surface area contributed by atoms with Gasteiger partial charge in [-0.05, 0) is 46.6 Å². The molecule has 17 heavy (non-hydrogen) atoms. The van der Waals surface area contributed by atoms with Gasteiger partial charge in [-0.2, -0.15) is 0 Å². The van der Waals surface area contributed by atoms with Crippen molar-refractivity contribution in [3.8, 4) is 5.75 Å². The second-order valence-corrected chi connectivity index (χ2v) is 4.43. The average Bonchev–Trinajstić information content (AvgIpc) is 2.27. The third kappa shape index (κ3) is 5.15. The molecule has 0 aromatic carbocycles. The van der Waals surface area contributed by atoms with Crippen molar-refractivity contribution in [3.05, 3.63) is 23.5 Å². The molecule has 1 heterocycles. The van der Waals surface area contributed by atoms with Crippen LogP contribution < -0.4 is 10.1 Å². The highest BCUT2D eigenvalue weighted by molar-refractivity contribution is 5.29. The maximum Gasteiger partial charge on any atom is 0.142 e. The molecule has 0 saturated carbocycles. The molecule has 1 aromatic rings. The van der Waals surface area contributed by atoms with Crippen molar-refractivity contribution in [2.75, 3.05) is 34.3 Å². The van der Waals surface area contributed by atoms with Gasteiger partial charge < -0.3 is 15.0 Å². The Kier molecular flexibility index (Phi) is 5.94. The van der Waals surface area contributed by atoms with Crippen molar-refractivity contribution >= 4 is 0 Å². The Bertz CT molecular complexity index is 339. The Balaban J connectivity index is 2.51. The number of rotatable bonds is 7. The van der Waals surface area contributed by atoms with Crippen LogP contribution in [0, 0.1) is 6.92 Å². The van der Waals surface area contributed by atoms with Crippen LogP contribution in [0.4, 0.5) is 0 Å². The predicted octanol–water partition coefficient (Wildman–Crippen LogP) is 1.44. The fourth-order valence-electron chi connectivity index (χ4n) is 1.59. The molecule has 0 atom stereocenters. The molecule has 0 aliphatic rings. The fraction of sp³-hybridized carbons (Fsp3) is 0.615.